The summed E-state index contributed by atoms with van der Waals surface area (Å²) in [6, 6.07) is 7.55. The molecule has 1 aliphatic heterocycles. The number of ether oxygens (including phenoxy) is 1. The van der Waals surface area contributed by atoms with Crippen molar-refractivity contribution in [2.75, 3.05) is 26.7 Å². The summed E-state index contributed by atoms with van der Waals surface area (Å²) >= 11 is 6.95. The summed E-state index contributed by atoms with van der Waals surface area (Å²) in [5, 5.41) is 21.7. The number of thiophene rings is 1. The van der Waals surface area contributed by atoms with E-state index in [0.29, 0.717) is 43.0 Å². The minimum atomic E-state index is -0.731. The second-order valence-corrected chi connectivity index (χ2v) is 8.30. The molecule has 2 heterocycles. The number of rotatable bonds is 6. The molecule has 1 aliphatic rings. The maximum atomic E-state index is 11.1. The topological polar surface area (TPSA) is 82.4 Å². The van der Waals surface area contributed by atoms with Crippen molar-refractivity contribution in [2.45, 2.75) is 19.8 Å². The van der Waals surface area contributed by atoms with Crippen molar-refractivity contribution in [3.05, 3.63) is 35.2 Å². The Bertz CT molecular complexity index is 913. The first-order valence-electron chi connectivity index (χ1n) is 9.37. The number of nitrogens with zero attached hydrogens (tertiary/aromatic N) is 2. The zero-order valence-corrected chi connectivity index (χ0v) is 18.1. The first-order chi connectivity index (χ1) is 13.9. The Balaban J connectivity index is 1.65. The molecule has 8 heteroatoms. The molecule has 0 amide bonds. The molecule has 0 atom stereocenters. The van der Waals surface area contributed by atoms with Crippen molar-refractivity contribution in [2.24, 2.45) is 10.9 Å². The molecule has 0 saturated carbocycles. The lowest BCUT2D eigenvalue weighted by Gasteiger charge is -2.31. The number of piperidine rings is 1. The summed E-state index contributed by atoms with van der Waals surface area (Å²) in [7, 11) is 1.62. The number of carboxylic acid groups (broad SMARTS) is 1. The van der Waals surface area contributed by atoms with E-state index < -0.39 is 5.97 Å². The van der Waals surface area contributed by atoms with Gasteiger partial charge in [0.1, 0.15) is 11.5 Å². The van der Waals surface area contributed by atoms with Gasteiger partial charge in [-0.25, -0.2) is 0 Å². The number of benzene rings is 1. The summed E-state index contributed by atoms with van der Waals surface area (Å²) in [4.78, 5) is 19.2. The molecule has 0 unspecified atom stereocenters. The van der Waals surface area contributed by atoms with Crippen LogP contribution in [0.2, 0.25) is 0 Å². The normalized spacial score (nSPS) is 15.4. The quantitative estimate of drug-likeness (QED) is 0.529. The monoisotopic (exact) mass is 432 g/mol. The summed E-state index contributed by atoms with van der Waals surface area (Å²) in [6.45, 7) is 3.51. The molecule has 0 spiro atoms. The molecule has 1 saturated heterocycles. The molecule has 2 aromatic rings. The summed E-state index contributed by atoms with van der Waals surface area (Å²) in [5.41, 5.74) is 2.35. The largest absolute Gasteiger partial charge is 0.506 e. The van der Waals surface area contributed by atoms with E-state index in [1.54, 1.807) is 7.11 Å². The Morgan fingerprint density at radius 2 is 1.97 bits per heavy atom. The Labute approximate surface area is 179 Å². The van der Waals surface area contributed by atoms with E-state index >= 15 is 0 Å². The first kappa shape index (κ1) is 21.3. The van der Waals surface area contributed by atoms with Crippen molar-refractivity contribution in [1.29, 1.82) is 0 Å². The maximum absolute atomic E-state index is 11.1. The lowest BCUT2D eigenvalue weighted by Crippen LogP contribution is -2.40. The number of hydrogen-bond acceptors (Lipinski definition) is 6. The fourth-order valence-electron chi connectivity index (χ4n) is 3.30. The van der Waals surface area contributed by atoms with E-state index in [4.69, 9.17) is 22.1 Å². The molecule has 6 nitrogen and oxygen atoms in total. The van der Waals surface area contributed by atoms with E-state index in [1.807, 2.05) is 41.5 Å². The molecule has 3 rings (SSSR count). The van der Waals surface area contributed by atoms with Gasteiger partial charge in [-0.3, -0.25) is 9.79 Å². The van der Waals surface area contributed by atoms with Gasteiger partial charge in [0.05, 0.1) is 29.4 Å². The van der Waals surface area contributed by atoms with Crippen molar-refractivity contribution < 1.29 is 19.7 Å². The number of thiocarbonyl (C=S) groups is 1. The van der Waals surface area contributed by atoms with Gasteiger partial charge in [0.15, 0.2) is 0 Å². The first-order valence-corrected chi connectivity index (χ1v) is 10.7. The third-order valence-electron chi connectivity index (χ3n) is 5.16. The molecule has 0 bridgehead atoms. The van der Waals surface area contributed by atoms with Crippen LogP contribution in [0.15, 0.2) is 34.6 Å². The van der Waals surface area contributed by atoms with Gasteiger partial charge in [-0.05, 0) is 49.6 Å². The van der Waals surface area contributed by atoms with Crippen LogP contribution < -0.4 is 4.74 Å². The average molecular weight is 433 g/mol. The van der Waals surface area contributed by atoms with Crippen LogP contribution in [0.1, 0.15) is 25.3 Å². The van der Waals surface area contributed by atoms with E-state index in [-0.39, 0.29) is 11.7 Å². The Morgan fingerprint density at radius 1 is 1.31 bits per heavy atom. The predicted octanol–water partition coefficient (Wildman–Crippen LogP) is 4.06. The van der Waals surface area contributed by atoms with Crippen LogP contribution in [0.3, 0.4) is 0 Å². The van der Waals surface area contributed by atoms with Crippen LogP contribution in [0, 0.1) is 5.92 Å². The van der Waals surface area contributed by atoms with E-state index in [2.05, 4.69) is 4.99 Å². The number of carboxylic acids is 1. The third-order valence-corrected chi connectivity index (χ3v) is 6.56. The second kappa shape index (κ2) is 9.37. The van der Waals surface area contributed by atoms with Gasteiger partial charge in [0.2, 0.25) is 0 Å². The van der Waals surface area contributed by atoms with Gasteiger partial charge in [0, 0.05) is 29.7 Å². The minimum absolute atomic E-state index is 0.217. The molecule has 1 aromatic heterocycles. The molecular weight excluding hydrogens is 408 g/mol. The highest BCUT2D eigenvalue weighted by molar-refractivity contribution is 7.80. The Morgan fingerprint density at radius 3 is 2.55 bits per heavy atom. The highest BCUT2D eigenvalue weighted by Crippen LogP contribution is 2.39. The number of aliphatic imine (C=N–C) groups is 1. The highest BCUT2D eigenvalue weighted by atomic mass is 32.1. The molecular formula is C21H24N2O4S2. The second-order valence-electron chi connectivity index (χ2n) is 6.95. The minimum Gasteiger partial charge on any atom is -0.506 e. The summed E-state index contributed by atoms with van der Waals surface area (Å²) in [5.74, 6) is -0.0262. The Hall–Kier alpha value is -2.45. The smallest absolute Gasteiger partial charge is 0.306 e. The number of aliphatic carboxylic acids is 1. The number of hydrogen-bond donors (Lipinski definition) is 2. The van der Waals surface area contributed by atoms with Crippen LogP contribution in [-0.4, -0.2) is 58.5 Å². The predicted molar refractivity (Wildman–Crippen MR) is 120 cm³/mol. The molecule has 1 aromatic carbocycles. The lowest BCUT2D eigenvalue weighted by atomic mass is 9.97. The van der Waals surface area contributed by atoms with Crippen LogP contribution in [0.5, 0.6) is 11.5 Å². The molecule has 29 heavy (non-hydrogen) atoms. The van der Waals surface area contributed by atoms with E-state index in [1.165, 1.54) is 11.3 Å². The van der Waals surface area contributed by atoms with Crippen LogP contribution in [0.4, 0.5) is 0 Å². The fraction of sp³-hybridized carbons (Fsp3) is 0.381. The van der Waals surface area contributed by atoms with Crippen molar-refractivity contribution >= 4 is 40.2 Å². The fourth-order valence-corrected chi connectivity index (χ4v) is 4.56. The van der Waals surface area contributed by atoms with E-state index in [0.717, 1.165) is 21.9 Å². The van der Waals surface area contributed by atoms with E-state index in [9.17, 15) is 9.90 Å². The van der Waals surface area contributed by atoms with Gasteiger partial charge in [-0.1, -0.05) is 12.2 Å². The average Bonchev–Trinajstić information content (AvgIpc) is 3.13. The maximum Gasteiger partial charge on any atom is 0.306 e. The number of likely N-dealkylation sites (tertiary alicyclic amines) is 1. The van der Waals surface area contributed by atoms with Crippen LogP contribution >= 0.6 is 23.6 Å². The highest BCUT2D eigenvalue weighted by Gasteiger charge is 2.25. The van der Waals surface area contributed by atoms with Gasteiger partial charge in [0.25, 0.3) is 0 Å². The summed E-state index contributed by atoms with van der Waals surface area (Å²) < 4.78 is 5.18. The van der Waals surface area contributed by atoms with Crippen molar-refractivity contribution in [1.82, 2.24) is 4.90 Å². The molecule has 2 N–H and O–H groups in total. The van der Waals surface area contributed by atoms with Gasteiger partial charge < -0.3 is 19.8 Å². The van der Waals surface area contributed by atoms with Crippen LogP contribution in [-0.2, 0) is 4.79 Å². The van der Waals surface area contributed by atoms with Gasteiger partial charge >= 0.3 is 5.97 Å². The molecule has 154 valence electrons. The van der Waals surface area contributed by atoms with Gasteiger partial charge in [-0.15, -0.1) is 11.3 Å². The summed E-state index contributed by atoms with van der Waals surface area (Å²) in [6.07, 6.45) is 1.21. The lowest BCUT2D eigenvalue weighted by molar-refractivity contribution is -0.143. The van der Waals surface area contributed by atoms with Crippen molar-refractivity contribution in [3.8, 4) is 21.9 Å². The molecule has 1 fully saturated rings. The van der Waals surface area contributed by atoms with Gasteiger partial charge in [-0.2, -0.15) is 0 Å². The number of methoxy groups -OCH3 is 1. The number of aromatic hydroxyl groups is 1. The van der Waals surface area contributed by atoms with Crippen LogP contribution in [0.25, 0.3) is 10.4 Å². The van der Waals surface area contributed by atoms with Crippen molar-refractivity contribution in [3.63, 3.8) is 0 Å². The molecule has 0 radical (unpaired) electrons. The SMILES string of the molecule is COc1ccc(-c2scc(C(C)=NCC(=S)N3CCC(C(=O)O)CC3)c2O)cc1. The number of carbonyl (C=O) groups is 1. The third kappa shape index (κ3) is 4.94. The molecule has 0 aliphatic carbocycles. The zero-order chi connectivity index (χ0) is 21.0. The zero-order valence-electron chi connectivity index (χ0n) is 16.4. The standard InChI is InChI=1S/C21H24N2O4S2/c1-13(22-11-18(28)23-9-7-15(8-10-23)21(25)26)17-12-29-20(19(17)24)14-3-5-16(27-2)6-4-14/h3-6,12,15,24H,7-11H2,1-2H3,(H,25,26). The Kier molecular flexibility index (Phi) is 6.87.